The predicted octanol–water partition coefficient (Wildman–Crippen LogP) is 1.38. The first-order valence-electron chi connectivity index (χ1n) is 8.56. The van der Waals surface area contributed by atoms with Crippen molar-refractivity contribution in [1.29, 1.82) is 0 Å². The lowest BCUT2D eigenvalue weighted by Gasteiger charge is -2.15. The van der Waals surface area contributed by atoms with Crippen LogP contribution < -0.4 is 5.32 Å². The molecule has 2 heterocycles. The fourth-order valence-corrected chi connectivity index (χ4v) is 3.59. The Morgan fingerprint density at radius 2 is 2.33 bits per heavy atom. The predicted molar refractivity (Wildman–Crippen MR) is 89.6 cm³/mol. The third-order valence-corrected chi connectivity index (χ3v) is 4.87. The van der Waals surface area contributed by atoms with Gasteiger partial charge in [-0.3, -0.25) is 4.79 Å². The van der Waals surface area contributed by atoms with Crippen LogP contribution in [0.25, 0.3) is 0 Å². The second-order valence-corrected chi connectivity index (χ2v) is 6.63. The van der Waals surface area contributed by atoms with E-state index in [4.69, 9.17) is 0 Å². The summed E-state index contributed by atoms with van der Waals surface area (Å²) < 4.78 is 1.90. The van der Waals surface area contributed by atoms with Gasteiger partial charge in [0.05, 0.1) is 11.7 Å². The Labute approximate surface area is 141 Å². The zero-order chi connectivity index (χ0) is 17.1. The summed E-state index contributed by atoms with van der Waals surface area (Å²) in [7, 11) is 1.91. The summed E-state index contributed by atoms with van der Waals surface area (Å²) in [4.78, 5) is 15.5. The summed E-state index contributed by atoms with van der Waals surface area (Å²) in [5.74, 6) is 1.06. The van der Waals surface area contributed by atoms with E-state index >= 15 is 0 Å². The van der Waals surface area contributed by atoms with Crippen molar-refractivity contribution in [2.24, 2.45) is 13.0 Å². The van der Waals surface area contributed by atoms with Crippen LogP contribution in [0.15, 0.2) is 18.6 Å². The number of nitrogens with one attached hydrogen (secondary N) is 2. The number of nitrogens with zero attached hydrogens (tertiary/aromatic N) is 3. The highest BCUT2D eigenvalue weighted by Crippen LogP contribution is 2.37. The Bertz CT molecular complexity index is 693. The molecular weight excluding hydrogens is 306 g/mol. The molecule has 0 aromatic carbocycles. The Morgan fingerprint density at radius 3 is 3.04 bits per heavy atom. The first-order chi connectivity index (χ1) is 11.6. The topological polar surface area (TPSA) is 95.8 Å². The number of carbonyl (C=O) groups is 1. The number of aliphatic hydroxyl groups excluding tert-OH is 1. The van der Waals surface area contributed by atoms with E-state index in [9.17, 15) is 9.90 Å². The molecule has 1 aliphatic carbocycles. The lowest BCUT2D eigenvalue weighted by atomic mass is 10.0. The molecule has 0 radical (unpaired) electrons. The van der Waals surface area contributed by atoms with E-state index in [1.807, 2.05) is 17.7 Å². The molecule has 0 bridgehead atoms. The molecule has 0 spiro atoms. The molecule has 0 saturated heterocycles. The lowest BCUT2D eigenvalue weighted by Crippen LogP contribution is -2.32. The molecule has 3 atom stereocenters. The molecule has 2 aromatic heterocycles. The molecule has 1 saturated carbocycles. The standard InChI is InChI=1S/C17H25N5O2/c1-3-4-14-13(5-6-18-14)17(24)19-9-12-7-11(8-15(12)23)16-21-20-10-22(16)2/h5-6,10-12,15,18,23H,3-4,7-9H2,1-2H3,(H,19,24)/t11-,12+,15+/m0/s1. The highest BCUT2D eigenvalue weighted by Gasteiger charge is 2.36. The van der Waals surface area contributed by atoms with Gasteiger partial charge in [-0.2, -0.15) is 0 Å². The van der Waals surface area contributed by atoms with Crippen molar-refractivity contribution in [2.75, 3.05) is 6.54 Å². The van der Waals surface area contributed by atoms with Crippen LogP contribution in [0.2, 0.25) is 0 Å². The van der Waals surface area contributed by atoms with Crippen LogP contribution in [0.5, 0.6) is 0 Å². The van der Waals surface area contributed by atoms with Crippen LogP contribution in [0.4, 0.5) is 0 Å². The van der Waals surface area contributed by atoms with Crippen molar-refractivity contribution in [3.05, 3.63) is 35.7 Å². The summed E-state index contributed by atoms with van der Waals surface area (Å²) in [6.45, 7) is 2.56. The average molecular weight is 331 g/mol. The first kappa shape index (κ1) is 16.7. The van der Waals surface area contributed by atoms with Gasteiger partial charge in [0, 0.05) is 37.3 Å². The minimum Gasteiger partial charge on any atom is -0.393 e. The van der Waals surface area contributed by atoms with Crippen LogP contribution >= 0.6 is 0 Å². The number of amides is 1. The molecule has 0 unspecified atom stereocenters. The molecule has 3 rings (SSSR count). The van der Waals surface area contributed by atoms with Crippen LogP contribution in [0, 0.1) is 5.92 Å². The lowest BCUT2D eigenvalue weighted by molar-refractivity contribution is 0.0916. The van der Waals surface area contributed by atoms with Crippen molar-refractivity contribution in [3.63, 3.8) is 0 Å². The molecule has 130 valence electrons. The number of aliphatic hydroxyl groups is 1. The van der Waals surface area contributed by atoms with E-state index < -0.39 is 6.10 Å². The van der Waals surface area contributed by atoms with Crippen LogP contribution in [-0.2, 0) is 13.5 Å². The maximum atomic E-state index is 12.4. The number of aryl methyl sites for hydroxylation is 2. The van der Waals surface area contributed by atoms with Gasteiger partial charge >= 0.3 is 0 Å². The molecular formula is C17H25N5O2. The summed E-state index contributed by atoms with van der Waals surface area (Å²) in [5.41, 5.74) is 1.67. The Hall–Kier alpha value is -2.15. The van der Waals surface area contributed by atoms with Gasteiger partial charge < -0.3 is 20.0 Å². The molecule has 24 heavy (non-hydrogen) atoms. The fourth-order valence-electron chi connectivity index (χ4n) is 3.59. The zero-order valence-corrected chi connectivity index (χ0v) is 14.2. The molecule has 7 heteroatoms. The van der Waals surface area contributed by atoms with Gasteiger partial charge in [-0.25, -0.2) is 0 Å². The van der Waals surface area contributed by atoms with Gasteiger partial charge in [-0.05, 0) is 25.3 Å². The zero-order valence-electron chi connectivity index (χ0n) is 14.2. The smallest absolute Gasteiger partial charge is 0.253 e. The van der Waals surface area contributed by atoms with E-state index in [0.29, 0.717) is 18.5 Å². The van der Waals surface area contributed by atoms with E-state index in [1.54, 1.807) is 12.5 Å². The van der Waals surface area contributed by atoms with Crippen molar-refractivity contribution in [1.82, 2.24) is 25.1 Å². The summed E-state index contributed by atoms with van der Waals surface area (Å²) in [6.07, 6.45) is 6.37. The third-order valence-electron chi connectivity index (χ3n) is 4.87. The number of rotatable bonds is 6. The second-order valence-electron chi connectivity index (χ2n) is 6.63. The number of aromatic nitrogens is 4. The molecule has 1 amide bonds. The summed E-state index contributed by atoms with van der Waals surface area (Å²) in [6, 6.07) is 1.81. The van der Waals surface area contributed by atoms with E-state index in [-0.39, 0.29) is 17.7 Å². The Kier molecular flexibility index (Phi) is 4.99. The van der Waals surface area contributed by atoms with Gasteiger partial charge in [0.15, 0.2) is 0 Å². The van der Waals surface area contributed by atoms with Crippen LogP contribution in [0.1, 0.15) is 54.0 Å². The molecule has 2 aromatic rings. The van der Waals surface area contributed by atoms with Gasteiger partial charge in [0.1, 0.15) is 12.2 Å². The number of hydrogen-bond donors (Lipinski definition) is 3. The minimum atomic E-state index is -0.423. The van der Waals surface area contributed by atoms with Crippen molar-refractivity contribution in [3.8, 4) is 0 Å². The third kappa shape index (κ3) is 3.36. The SMILES string of the molecule is CCCc1[nH]ccc1C(=O)NC[C@H]1C[C@H](c2nncn2C)C[C@H]1O. The number of aromatic amines is 1. The number of carbonyl (C=O) groups excluding carboxylic acids is 1. The molecule has 7 nitrogen and oxygen atoms in total. The summed E-state index contributed by atoms with van der Waals surface area (Å²) >= 11 is 0. The minimum absolute atomic E-state index is 0.0456. The molecule has 1 fully saturated rings. The molecule has 0 aliphatic heterocycles. The van der Waals surface area contributed by atoms with Crippen molar-refractivity contribution < 1.29 is 9.90 Å². The van der Waals surface area contributed by atoms with Crippen LogP contribution in [-0.4, -0.2) is 43.4 Å². The highest BCUT2D eigenvalue weighted by atomic mass is 16.3. The van der Waals surface area contributed by atoms with Crippen LogP contribution in [0.3, 0.4) is 0 Å². The Balaban J connectivity index is 1.57. The van der Waals surface area contributed by atoms with Gasteiger partial charge in [0.25, 0.3) is 5.91 Å². The van der Waals surface area contributed by atoms with Gasteiger partial charge in [0.2, 0.25) is 0 Å². The first-order valence-corrected chi connectivity index (χ1v) is 8.56. The number of hydrogen-bond acceptors (Lipinski definition) is 4. The van der Waals surface area contributed by atoms with Gasteiger partial charge in [-0.1, -0.05) is 13.3 Å². The summed E-state index contributed by atoms with van der Waals surface area (Å²) in [5, 5.41) is 21.3. The van der Waals surface area contributed by atoms with E-state index in [2.05, 4.69) is 27.4 Å². The monoisotopic (exact) mass is 331 g/mol. The molecule has 1 aliphatic rings. The van der Waals surface area contributed by atoms with E-state index in [1.165, 1.54) is 0 Å². The average Bonchev–Trinajstić information content (AvgIpc) is 3.26. The van der Waals surface area contributed by atoms with Crippen molar-refractivity contribution in [2.45, 2.75) is 44.6 Å². The molecule has 3 N–H and O–H groups in total. The Morgan fingerprint density at radius 1 is 1.50 bits per heavy atom. The van der Waals surface area contributed by atoms with Gasteiger partial charge in [-0.15, -0.1) is 10.2 Å². The normalized spacial score (nSPS) is 23.5. The largest absolute Gasteiger partial charge is 0.393 e. The van der Waals surface area contributed by atoms with E-state index in [0.717, 1.165) is 30.8 Å². The maximum Gasteiger partial charge on any atom is 0.253 e. The quantitative estimate of drug-likeness (QED) is 0.745. The number of H-pyrrole nitrogens is 1. The second kappa shape index (κ2) is 7.17. The maximum absolute atomic E-state index is 12.4. The van der Waals surface area contributed by atoms with Crippen molar-refractivity contribution >= 4 is 5.91 Å². The highest BCUT2D eigenvalue weighted by molar-refractivity contribution is 5.95. The fraction of sp³-hybridized carbons (Fsp3) is 0.588.